The van der Waals surface area contributed by atoms with Gasteiger partial charge < -0.3 is 14.7 Å². The van der Waals surface area contributed by atoms with E-state index in [4.69, 9.17) is 0 Å². The predicted octanol–water partition coefficient (Wildman–Crippen LogP) is 1.99. The molecule has 0 radical (unpaired) electrons. The van der Waals surface area contributed by atoms with E-state index >= 15 is 0 Å². The van der Waals surface area contributed by atoms with E-state index in [9.17, 15) is 4.79 Å². The summed E-state index contributed by atoms with van der Waals surface area (Å²) < 4.78 is 0. The van der Waals surface area contributed by atoms with Crippen LogP contribution in [0.3, 0.4) is 0 Å². The molecule has 2 aliphatic heterocycles. The third-order valence-corrected chi connectivity index (χ3v) is 6.64. The first-order valence-electron chi connectivity index (χ1n) is 11.0. The van der Waals surface area contributed by atoms with Crippen molar-refractivity contribution in [1.29, 1.82) is 0 Å². The average Bonchev–Trinajstić information content (AvgIpc) is 3.29. The number of carbonyl (C=O) groups is 1. The van der Waals surface area contributed by atoms with Crippen LogP contribution in [-0.4, -0.2) is 84.6 Å². The molecule has 3 fully saturated rings. The van der Waals surface area contributed by atoms with Crippen LogP contribution in [0, 0.1) is 0 Å². The van der Waals surface area contributed by atoms with Crippen LogP contribution >= 0.6 is 0 Å². The van der Waals surface area contributed by atoms with Crippen LogP contribution in [-0.2, 0) is 4.79 Å². The zero-order valence-electron chi connectivity index (χ0n) is 17.2. The van der Waals surface area contributed by atoms with Crippen LogP contribution < -0.4 is 9.80 Å². The monoisotopic (exact) mass is 386 g/mol. The number of likely N-dealkylation sites (N-methyl/N-ethyl adjacent to an activating group) is 1. The summed E-state index contributed by atoms with van der Waals surface area (Å²) in [4.78, 5) is 30.6. The molecule has 0 aromatic carbocycles. The highest BCUT2D eigenvalue weighted by atomic mass is 16.2. The maximum absolute atomic E-state index is 12.7. The van der Waals surface area contributed by atoms with Crippen LogP contribution in [0.5, 0.6) is 0 Å². The van der Waals surface area contributed by atoms with E-state index in [1.165, 1.54) is 44.9 Å². The molecule has 1 aliphatic carbocycles. The van der Waals surface area contributed by atoms with Gasteiger partial charge in [-0.2, -0.15) is 0 Å². The highest BCUT2D eigenvalue weighted by molar-refractivity contribution is 5.78. The topological polar surface area (TPSA) is 55.8 Å². The molecule has 1 amide bonds. The quantitative estimate of drug-likeness (QED) is 0.771. The third-order valence-electron chi connectivity index (χ3n) is 6.64. The number of amides is 1. The molecule has 4 rings (SSSR count). The number of aromatic nitrogens is 2. The zero-order chi connectivity index (χ0) is 19.3. The summed E-state index contributed by atoms with van der Waals surface area (Å²) in [6.07, 6.45) is 10.4. The minimum Gasteiger partial charge on any atom is -0.356 e. The van der Waals surface area contributed by atoms with Gasteiger partial charge in [-0.05, 0) is 25.7 Å². The lowest BCUT2D eigenvalue weighted by Crippen LogP contribution is -2.51. The lowest BCUT2D eigenvalue weighted by molar-refractivity contribution is -0.133. The summed E-state index contributed by atoms with van der Waals surface area (Å²) in [5.74, 6) is 2.34. The van der Waals surface area contributed by atoms with E-state index in [0.717, 1.165) is 50.9 Å². The first-order valence-corrected chi connectivity index (χ1v) is 11.0. The Bertz CT molecular complexity index is 648. The summed E-state index contributed by atoms with van der Waals surface area (Å²) in [7, 11) is 2.00. The highest BCUT2D eigenvalue weighted by Crippen LogP contribution is 2.23. The zero-order valence-corrected chi connectivity index (χ0v) is 17.2. The molecule has 7 heteroatoms. The number of anilines is 2. The third kappa shape index (κ3) is 4.57. The Morgan fingerprint density at radius 3 is 2.18 bits per heavy atom. The minimum atomic E-state index is 0.277. The van der Waals surface area contributed by atoms with E-state index in [0.29, 0.717) is 12.6 Å². The van der Waals surface area contributed by atoms with E-state index < -0.39 is 0 Å². The summed E-state index contributed by atoms with van der Waals surface area (Å²) >= 11 is 0. The fourth-order valence-corrected chi connectivity index (χ4v) is 4.74. The second-order valence-electron chi connectivity index (χ2n) is 8.49. The predicted molar refractivity (Wildman–Crippen MR) is 112 cm³/mol. The van der Waals surface area contributed by atoms with Gasteiger partial charge in [0, 0.05) is 58.4 Å². The lowest BCUT2D eigenvalue weighted by atomic mass is 9.94. The number of hydrogen-bond acceptors (Lipinski definition) is 6. The van der Waals surface area contributed by atoms with Gasteiger partial charge in [0.15, 0.2) is 0 Å². The normalized spacial score (nSPS) is 21.9. The van der Waals surface area contributed by atoms with E-state index in [1.807, 2.05) is 11.9 Å². The molecular formula is C21H34N6O. The van der Waals surface area contributed by atoms with Crippen molar-refractivity contribution in [2.45, 2.75) is 51.0 Å². The van der Waals surface area contributed by atoms with Gasteiger partial charge in [-0.15, -0.1) is 0 Å². The maximum atomic E-state index is 12.7. The van der Waals surface area contributed by atoms with Gasteiger partial charge in [-0.1, -0.05) is 19.3 Å². The van der Waals surface area contributed by atoms with E-state index in [-0.39, 0.29) is 5.91 Å². The van der Waals surface area contributed by atoms with Gasteiger partial charge in [0.05, 0.1) is 6.54 Å². The van der Waals surface area contributed by atoms with Crippen molar-refractivity contribution in [1.82, 2.24) is 19.8 Å². The second-order valence-corrected chi connectivity index (χ2v) is 8.49. The molecule has 0 unspecified atom stereocenters. The Morgan fingerprint density at radius 1 is 0.929 bits per heavy atom. The van der Waals surface area contributed by atoms with Crippen molar-refractivity contribution in [3.8, 4) is 0 Å². The molecule has 3 heterocycles. The lowest BCUT2D eigenvalue weighted by Gasteiger charge is -2.37. The van der Waals surface area contributed by atoms with Crippen LogP contribution in [0.15, 0.2) is 12.4 Å². The Hall–Kier alpha value is -1.89. The van der Waals surface area contributed by atoms with Gasteiger partial charge in [-0.25, -0.2) is 9.97 Å². The van der Waals surface area contributed by atoms with Crippen LogP contribution in [0.2, 0.25) is 0 Å². The van der Waals surface area contributed by atoms with Gasteiger partial charge in [0.2, 0.25) is 5.91 Å². The van der Waals surface area contributed by atoms with Crippen molar-refractivity contribution in [2.24, 2.45) is 0 Å². The SMILES string of the molecule is CN(C(=O)CN1CCN(c2cc(N3CCCC3)ncn2)CC1)C1CCCCC1. The molecule has 154 valence electrons. The molecule has 28 heavy (non-hydrogen) atoms. The first kappa shape index (κ1) is 19.4. The molecule has 0 atom stereocenters. The van der Waals surface area contributed by atoms with Gasteiger partial charge in [0.25, 0.3) is 0 Å². The summed E-state index contributed by atoms with van der Waals surface area (Å²) in [6, 6.07) is 2.58. The van der Waals surface area contributed by atoms with E-state index in [1.54, 1.807) is 6.33 Å². The highest BCUT2D eigenvalue weighted by Gasteiger charge is 2.26. The minimum absolute atomic E-state index is 0.277. The Kier molecular flexibility index (Phi) is 6.29. The fraction of sp³-hybridized carbons (Fsp3) is 0.762. The molecule has 3 aliphatic rings. The summed E-state index contributed by atoms with van der Waals surface area (Å²) in [5.41, 5.74) is 0. The summed E-state index contributed by atoms with van der Waals surface area (Å²) in [6.45, 7) is 6.39. The molecular weight excluding hydrogens is 352 g/mol. The van der Waals surface area contributed by atoms with Crippen molar-refractivity contribution in [2.75, 3.05) is 62.7 Å². The van der Waals surface area contributed by atoms with Crippen molar-refractivity contribution >= 4 is 17.5 Å². The molecule has 2 saturated heterocycles. The standard InChI is InChI=1S/C21H34N6O/c1-24(18-7-3-2-4-8-18)21(28)16-25-11-13-27(14-12-25)20-15-19(22-17-23-20)26-9-5-6-10-26/h15,17-18H,2-14,16H2,1H3. The molecule has 0 spiro atoms. The molecule has 0 N–H and O–H groups in total. The number of carbonyl (C=O) groups excluding carboxylic acids is 1. The molecule has 1 aromatic rings. The van der Waals surface area contributed by atoms with Crippen molar-refractivity contribution < 1.29 is 4.79 Å². The van der Waals surface area contributed by atoms with Gasteiger partial charge >= 0.3 is 0 Å². The maximum Gasteiger partial charge on any atom is 0.236 e. The Balaban J connectivity index is 1.27. The smallest absolute Gasteiger partial charge is 0.236 e. The average molecular weight is 387 g/mol. The fourth-order valence-electron chi connectivity index (χ4n) is 4.74. The Labute approximate surface area is 168 Å². The van der Waals surface area contributed by atoms with Crippen molar-refractivity contribution in [3.63, 3.8) is 0 Å². The molecule has 0 bridgehead atoms. The first-order chi connectivity index (χ1) is 13.7. The summed E-state index contributed by atoms with van der Waals surface area (Å²) in [5, 5.41) is 0. The number of rotatable bonds is 5. The van der Waals surface area contributed by atoms with E-state index in [2.05, 4.69) is 30.7 Å². The molecule has 1 aromatic heterocycles. The Morgan fingerprint density at radius 2 is 1.54 bits per heavy atom. The van der Waals surface area contributed by atoms with Gasteiger partial charge in [-0.3, -0.25) is 9.69 Å². The second kappa shape index (κ2) is 9.07. The van der Waals surface area contributed by atoms with Crippen LogP contribution in [0.1, 0.15) is 44.9 Å². The van der Waals surface area contributed by atoms with Crippen LogP contribution in [0.25, 0.3) is 0 Å². The van der Waals surface area contributed by atoms with Gasteiger partial charge in [0.1, 0.15) is 18.0 Å². The number of hydrogen-bond donors (Lipinski definition) is 0. The number of nitrogens with zero attached hydrogens (tertiary/aromatic N) is 6. The molecule has 7 nitrogen and oxygen atoms in total. The molecule has 1 saturated carbocycles. The van der Waals surface area contributed by atoms with Crippen LogP contribution in [0.4, 0.5) is 11.6 Å². The van der Waals surface area contributed by atoms with Crippen molar-refractivity contribution in [3.05, 3.63) is 12.4 Å². The number of piperazine rings is 1. The largest absolute Gasteiger partial charge is 0.356 e.